The monoisotopic (exact) mass is 426 g/mol. The van der Waals surface area contributed by atoms with Crippen LogP contribution in [-0.2, 0) is 18.3 Å². The van der Waals surface area contributed by atoms with Gasteiger partial charge in [-0.15, -0.1) is 0 Å². The fraction of sp³-hybridized carbons (Fsp3) is 0.286. The minimum absolute atomic E-state index is 0.0159. The fourth-order valence-electron chi connectivity index (χ4n) is 3.24. The van der Waals surface area contributed by atoms with E-state index in [4.69, 9.17) is 10.5 Å². The number of anilines is 1. The summed E-state index contributed by atoms with van der Waals surface area (Å²) >= 11 is 0. The molecule has 3 rings (SSSR count). The van der Waals surface area contributed by atoms with E-state index in [0.29, 0.717) is 10.9 Å². The van der Waals surface area contributed by atoms with Crippen molar-refractivity contribution < 1.29 is 14.3 Å². The number of ketones is 1. The number of hydrogen-bond donors (Lipinski definition) is 2. The van der Waals surface area contributed by atoms with E-state index >= 15 is 0 Å². The molecule has 0 saturated heterocycles. The van der Waals surface area contributed by atoms with Crippen molar-refractivity contribution in [2.75, 3.05) is 12.3 Å². The number of aromatic amines is 1. The Hall–Kier alpha value is -3.95. The molecule has 0 bridgehead atoms. The standard InChI is InChI=1S/C21H22N4O6/c1-11(2)9-25-18(22)17(19(28)24(3)21(25)30)15(26)10-31-20(29)13-8-16(27)23-14-7-5-4-6-12(13)14/h4-8,11H,9-10,22H2,1-3H3,(H,23,27). The van der Waals surface area contributed by atoms with Crippen molar-refractivity contribution >= 4 is 28.5 Å². The van der Waals surface area contributed by atoms with Crippen LogP contribution in [0.25, 0.3) is 10.9 Å². The summed E-state index contributed by atoms with van der Waals surface area (Å²) in [5.41, 5.74) is 3.94. The van der Waals surface area contributed by atoms with Crippen molar-refractivity contribution in [3.8, 4) is 0 Å². The highest BCUT2D eigenvalue weighted by Gasteiger charge is 2.23. The Bertz CT molecular complexity index is 1360. The number of H-pyrrole nitrogens is 1. The van der Waals surface area contributed by atoms with E-state index in [9.17, 15) is 24.0 Å². The third kappa shape index (κ3) is 4.18. The van der Waals surface area contributed by atoms with E-state index in [0.717, 1.165) is 15.2 Å². The topological polar surface area (TPSA) is 146 Å². The van der Waals surface area contributed by atoms with Gasteiger partial charge in [0.05, 0.1) is 5.56 Å². The van der Waals surface area contributed by atoms with Crippen molar-refractivity contribution in [3.63, 3.8) is 0 Å². The van der Waals surface area contributed by atoms with Crippen LogP contribution in [0.2, 0.25) is 0 Å². The van der Waals surface area contributed by atoms with Crippen molar-refractivity contribution in [2.24, 2.45) is 13.0 Å². The third-order valence-corrected chi connectivity index (χ3v) is 4.71. The van der Waals surface area contributed by atoms with Gasteiger partial charge in [-0.05, 0) is 12.0 Å². The number of aromatic nitrogens is 3. The Kier molecular flexibility index (Phi) is 5.91. The number of nitrogens with one attached hydrogen (secondary N) is 1. The number of ether oxygens (including phenoxy) is 1. The fourth-order valence-corrected chi connectivity index (χ4v) is 3.24. The molecule has 0 amide bonds. The highest BCUT2D eigenvalue weighted by Crippen LogP contribution is 2.16. The number of pyridine rings is 1. The molecule has 3 N–H and O–H groups in total. The number of carbonyl (C=O) groups excluding carboxylic acids is 2. The first-order valence-electron chi connectivity index (χ1n) is 9.53. The smallest absolute Gasteiger partial charge is 0.339 e. The summed E-state index contributed by atoms with van der Waals surface area (Å²) < 4.78 is 7.01. The van der Waals surface area contributed by atoms with Gasteiger partial charge in [-0.1, -0.05) is 32.0 Å². The molecule has 0 saturated carbocycles. The predicted octanol–water partition coefficient (Wildman–Crippen LogP) is 0.666. The number of carbonyl (C=O) groups is 2. The maximum Gasteiger partial charge on any atom is 0.339 e. The molecule has 0 spiro atoms. The summed E-state index contributed by atoms with van der Waals surface area (Å²) in [6.07, 6.45) is 0. The van der Waals surface area contributed by atoms with Gasteiger partial charge in [0.15, 0.2) is 6.61 Å². The van der Waals surface area contributed by atoms with Crippen LogP contribution in [0.15, 0.2) is 44.7 Å². The summed E-state index contributed by atoms with van der Waals surface area (Å²) in [6, 6.07) is 7.71. The molecule has 1 aromatic carbocycles. The van der Waals surface area contributed by atoms with Crippen LogP contribution in [-0.4, -0.2) is 32.5 Å². The molecular formula is C21H22N4O6. The number of fused-ring (bicyclic) bond motifs is 1. The van der Waals surface area contributed by atoms with Gasteiger partial charge in [-0.3, -0.25) is 23.5 Å². The number of nitrogens with zero attached hydrogens (tertiary/aromatic N) is 2. The molecule has 162 valence electrons. The largest absolute Gasteiger partial charge is 0.454 e. The Balaban J connectivity index is 1.92. The number of para-hydroxylation sites is 1. The minimum atomic E-state index is -0.901. The molecule has 31 heavy (non-hydrogen) atoms. The number of nitrogens with two attached hydrogens (primary N) is 1. The van der Waals surface area contributed by atoms with Crippen molar-refractivity contribution in [2.45, 2.75) is 20.4 Å². The normalized spacial score (nSPS) is 11.1. The zero-order valence-electron chi connectivity index (χ0n) is 17.3. The van der Waals surface area contributed by atoms with Crippen LogP contribution >= 0.6 is 0 Å². The first-order chi connectivity index (χ1) is 14.6. The van der Waals surface area contributed by atoms with Gasteiger partial charge in [0.2, 0.25) is 11.3 Å². The number of esters is 1. The molecule has 0 aliphatic rings. The Morgan fingerprint density at radius 1 is 1.16 bits per heavy atom. The van der Waals surface area contributed by atoms with Crippen molar-refractivity contribution in [3.05, 3.63) is 72.7 Å². The van der Waals surface area contributed by atoms with Crippen LogP contribution in [0.3, 0.4) is 0 Å². The maximum atomic E-state index is 12.7. The lowest BCUT2D eigenvalue weighted by Gasteiger charge is -2.16. The van der Waals surface area contributed by atoms with Gasteiger partial charge in [-0.25, -0.2) is 9.59 Å². The van der Waals surface area contributed by atoms with Crippen LogP contribution in [0.5, 0.6) is 0 Å². The molecule has 0 unspecified atom stereocenters. The average molecular weight is 426 g/mol. The molecule has 2 aromatic heterocycles. The van der Waals surface area contributed by atoms with Gasteiger partial charge >= 0.3 is 11.7 Å². The molecular weight excluding hydrogens is 404 g/mol. The molecule has 2 heterocycles. The molecule has 10 heteroatoms. The molecule has 0 aliphatic carbocycles. The van der Waals surface area contributed by atoms with E-state index in [1.165, 1.54) is 7.05 Å². The number of benzene rings is 1. The lowest BCUT2D eigenvalue weighted by molar-refractivity contribution is 0.0476. The summed E-state index contributed by atoms with van der Waals surface area (Å²) in [5.74, 6) is -1.99. The molecule has 3 aromatic rings. The lowest BCUT2D eigenvalue weighted by Crippen LogP contribution is -2.43. The minimum Gasteiger partial charge on any atom is -0.454 e. The predicted molar refractivity (Wildman–Crippen MR) is 114 cm³/mol. The van der Waals surface area contributed by atoms with E-state index in [1.807, 2.05) is 13.8 Å². The van der Waals surface area contributed by atoms with Gasteiger partial charge in [0.25, 0.3) is 5.56 Å². The second-order valence-electron chi connectivity index (χ2n) is 7.50. The molecule has 0 aliphatic heterocycles. The zero-order chi connectivity index (χ0) is 22.9. The highest BCUT2D eigenvalue weighted by molar-refractivity contribution is 6.05. The number of hydrogen-bond acceptors (Lipinski definition) is 7. The van der Waals surface area contributed by atoms with Crippen LogP contribution in [0, 0.1) is 5.92 Å². The van der Waals surface area contributed by atoms with Gasteiger partial charge in [0.1, 0.15) is 11.4 Å². The number of rotatable bonds is 6. The van der Waals surface area contributed by atoms with E-state index < -0.39 is 40.7 Å². The lowest BCUT2D eigenvalue weighted by atomic mass is 10.1. The Labute approximate surface area is 175 Å². The maximum absolute atomic E-state index is 12.7. The number of Topliss-reactive ketones (excluding diaryl/α,β-unsaturated/α-hetero) is 1. The highest BCUT2D eigenvalue weighted by atomic mass is 16.5. The first-order valence-corrected chi connectivity index (χ1v) is 9.53. The van der Waals surface area contributed by atoms with E-state index in [1.54, 1.807) is 24.3 Å². The SMILES string of the molecule is CC(C)Cn1c(N)c(C(=O)COC(=O)c2cc(=O)[nH]c3ccccc23)c(=O)n(C)c1=O. The summed E-state index contributed by atoms with van der Waals surface area (Å²) in [6.45, 7) is 3.13. The number of nitrogen functional groups attached to an aromatic ring is 1. The zero-order valence-corrected chi connectivity index (χ0v) is 17.3. The van der Waals surface area contributed by atoms with Crippen molar-refractivity contribution in [1.29, 1.82) is 0 Å². The van der Waals surface area contributed by atoms with Crippen LogP contribution < -0.4 is 22.5 Å². The second-order valence-corrected chi connectivity index (χ2v) is 7.50. The Morgan fingerprint density at radius 3 is 2.52 bits per heavy atom. The summed E-state index contributed by atoms with van der Waals surface area (Å²) in [5, 5.41) is 0.445. The molecule has 0 radical (unpaired) electrons. The molecule has 10 nitrogen and oxygen atoms in total. The van der Waals surface area contributed by atoms with Gasteiger partial charge < -0.3 is 15.5 Å². The molecule has 0 atom stereocenters. The average Bonchev–Trinajstić information content (AvgIpc) is 2.72. The first kappa shape index (κ1) is 21.8. The molecule has 0 fully saturated rings. The summed E-state index contributed by atoms with van der Waals surface area (Å²) in [7, 11) is 1.24. The Morgan fingerprint density at radius 2 is 1.84 bits per heavy atom. The van der Waals surface area contributed by atoms with Gasteiger partial charge in [-0.2, -0.15) is 0 Å². The summed E-state index contributed by atoms with van der Waals surface area (Å²) in [4.78, 5) is 64.5. The van der Waals surface area contributed by atoms with E-state index in [-0.39, 0.29) is 23.8 Å². The third-order valence-electron chi connectivity index (χ3n) is 4.71. The van der Waals surface area contributed by atoms with Crippen molar-refractivity contribution in [1.82, 2.24) is 14.1 Å². The van der Waals surface area contributed by atoms with Gasteiger partial charge in [0, 0.05) is 30.6 Å². The van der Waals surface area contributed by atoms with Crippen LogP contribution in [0.1, 0.15) is 34.6 Å². The van der Waals surface area contributed by atoms with E-state index in [2.05, 4.69) is 4.98 Å². The second kappa shape index (κ2) is 8.42. The quantitative estimate of drug-likeness (QED) is 0.435. The van der Waals surface area contributed by atoms with Crippen LogP contribution in [0.4, 0.5) is 5.82 Å².